The summed E-state index contributed by atoms with van der Waals surface area (Å²) in [5, 5.41) is 8.49. The van der Waals surface area contributed by atoms with Crippen molar-refractivity contribution in [1.29, 1.82) is 0 Å². The number of hydrogen-bond acceptors (Lipinski definition) is 4. The first-order chi connectivity index (χ1) is 14.9. The van der Waals surface area contributed by atoms with Gasteiger partial charge in [0.25, 0.3) is 5.91 Å². The second-order valence-corrected chi connectivity index (χ2v) is 8.03. The molecule has 2 aromatic carbocycles. The Morgan fingerprint density at radius 1 is 1.10 bits per heavy atom. The summed E-state index contributed by atoms with van der Waals surface area (Å²) in [4.78, 5) is 45.5. The molecule has 4 N–H and O–H groups in total. The van der Waals surface area contributed by atoms with Crippen molar-refractivity contribution < 1.29 is 14.4 Å². The predicted molar refractivity (Wildman–Crippen MR) is 117 cm³/mol. The lowest BCUT2D eigenvalue weighted by atomic mass is 10.0. The summed E-state index contributed by atoms with van der Waals surface area (Å²) >= 11 is 0. The Kier molecular flexibility index (Phi) is 5.70. The van der Waals surface area contributed by atoms with Gasteiger partial charge < -0.3 is 20.9 Å². The third-order valence-electron chi connectivity index (χ3n) is 5.40. The molecule has 1 aliphatic heterocycles. The number of amides is 3. The van der Waals surface area contributed by atoms with Crippen LogP contribution in [0.1, 0.15) is 48.9 Å². The Morgan fingerprint density at radius 2 is 1.84 bits per heavy atom. The van der Waals surface area contributed by atoms with Crippen LogP contribution in [-0.2, 0) is 9.59 Å². The Balaban J connectivity index is 1.41. The number of aromatic amines is 1. The highest BCUT2D eigenvalue weighted by Crippen LogP contribution is 2.23. The van der Waals surface area contributed by atoms with E-state index in [2.05, 4.69) is 25.9 Å². The fourth-order valence-electron chi connectivity index (χ4n) is 3.71. The third-order valence-corrected chi connectivity index (χ3v) is 5.40. The average molecular weight is 419 g/mol. The molecule has 2 heterocycles. The first kappa shape index (κ1) is 20.6. The van der Waals surface area contributed by atoms with Crippen LogP contribution in [0.25, 0.3) is 11.0 Å². The fourth-order valence-corrected chi connectivity index (χ4v) is 3.71. The zero-order chi connectivity index (χ0) is 22.0. The van der Waals surface area contributed by atoms with Crippen LogP contribution in [0.2, 0.25) is 0 Å². The Bertz CT molecular complexity index is 1100. The second-order valence-electron chi connectivity index (χ2n) is 8.03. The lowest BCUT2D eigenvalue weighted by Gasteiger charge is -2.21. The second kappa shape index (κ2) is 8.59. The van der Waals surface area contributed by atoms with Gasteiger partial charge in [0.15, 0.2) is 0 Å². The smallest absolute Gasteiger partial charge is 0.254 e. The molecule has 3 amide bonds. The summed E-state index contributed by atoms with van der Waals surface area (Å²) in [6.45, 7) is 4.02. The zero-order valence-electron chi connectivity index (χ0n) is 17.4. The van der Waals surface area contributed by atoms with Crippen molar-refractivity contribution >= 4 is 34.4 Å². The van der Waals surface area contributed by atoms with E-state index >= 15 is 0 Å². The van der Waals surface area contributed by atoms with Gasteiger partial charge in [0.05, 0.1) is 28.3 Å². The van der Waals surface area contributed by atoms with Crippen molar-refractivity contribution in [3.8, 4) is 0 Å². The summed E-state index contributed by atoms with van der Waals surface area (Å²) in [5.41, 5.74) is 2.64. The molecule has 8 heteroatoms. The number of rotatable bonds is 6. The quantitative estimate of drug-likeness (QED) is 0.492. The van der Waals surface area contributed by atoms with Gasteiger partial charge in [-0.2, -0.15) is 0 Å². The first-order valence-electron chi connectivity index (χ1n) is 10.4. The molecule has 2 atom stereocenters. The topological polar surface area (TPSA) is 116 Å². The summed E-state index contributed by atoms with van der Waals surface area (Å²) < 4.78 is 0. The van der Waals surface area contributed by atoms with Crippen LogP contribution in [0.4, 0.5) is 5.69 Å². The normalized spacial score (nSPS) is 16.9. The summed E-state index contributed by atoms with van der Waals surface area (Å²) in [6.07, 6.45) is 0.292. The van der Waals surface area contributed by atoms with Crippen LogP contribution >= 0.6 is 0 Å². The molecule has 8 nitrogen and oxygen atoms in total. The van der Waals surface area contributed by atoms with Gasteiger partial charge in [-0.1, -0.05) is 38.1 Å². The molecule has 0 saturated heterocycles. The van der Waals surface area contributed by atoms with E-state index in [0.29, 0.717) is 17.1 Å². The van der Waals surface area contributed by atoms with Crippen LogP contribution in [0.15, 0.2) is 48.5 Å². The summed E-state index contributed by atoms with van der Waals surface area (Å²) in [7, 11) is 0. The summed E-state index contributed by atoms with van der Waals surface area (Å²) in [5.74, 6) is -0.0612. The molecule has 1 aliphatic rings. The number of carbonyl (C=O) groups excluding carboxylic acids is 3. The molecule has 160 valence electrons. The van der Waals surface area contributed by atoms with E-state index in [-0.39, 0.29) is 42.5 Å². The number of hydrogen-bond donors (Lipinski definition) is 4. The van der Waals surface area contributed by atoms with Crippen molar-refractivity contribution in [2.24, 2.45) is 5.92 Å². The number of fused-ring (bicyclic) bond motifs is 2. The van der Waals surface area contributed by atoms with E-state index in [9.17, 15) is 14.4 Å². The lowest BCUT2D eigenvalue weighted by molar-refractivity contribution is -0.122. The number of anilines is 1. The van der Waals surface area contributed by atoms with Crippen LogP contribution in [0, 0.1) is 5.92 Å². The molecule has 0 aliphatic carbocycles. The number of imidazole rings is 1. The van der Waals surface area contributed by atoms with Crippen LogP contribution < -0.4 is 16.0 Å². The molecule has 3 aromatic rings. The average Bonchev–Trinajstić information content (AvgIpc) is 3.13. The molecular formula is C23H25N5O3. The number of benzene rings is 2. The number of nitrogens with zero attached hydrogens (tertiary/aromatic N) is 1. The minimum absolute atomic E-state index is 0.0954. The highest BCUT2D eigenvalue weighted by Gasteiger charge is 2.28. The maximum atomic E-state index is 12.7. The van der Waals surface area contributed by atoms with Gasteiger partial charge in [-0.15, -0.1) is 0 Å². The van der Waals surface area contributed by atoms with Crippen molar-refractivity contribution in [1.82, 2.24) is 20.6 Å². The zero-order valence-corrected chi connectivity index (χ0v) is 17.4. The van der Waals surface area contributed by atoms with E-state index in [1.165, 1.54) is 0 Å². The molecule has 31 heavy (non-hydrogen) atoms. The van der Waals surface area contributed by atoms with E-state index in [1.54, 1.807) is 24.3 Å². The van der Waals surface area contributed by atoms with E-state index in [4.69, 9.17) is 0 Å². The highest BCUT2D eigenvalue weighted by atomic mass is 16.2. The number of aromatic nitrogens is 2. The molecule has 4 rings (SSSR count). The van der Waals surface area contributed by atoms with E-state index in [0.717, 1.165) is 11.0 Å². The summed E-state index contributed by atoms with van der Waals surface area (Å²) in [6, 6.07) is 13.5. The van der Waals surface area contributed by atoms with Crippen molar-refractivity contribution in [2.75, 3.05) is 5.32 Å². The SMILES string of the molecule is CC(C)[C@@H](NC(=O)CC[C@@H]1NC(=O)c2ccccc2NC1=O)c1nc2ccccc2[nH]1. The minimum Gasteiger partial charge on any atom is -0.346 e. The van der Waals surface area contributed by atoms with Gasteiger partial charge in [0.2, 0.25) is 11.8 Å². The third kappa shape index (κ3) is 4.42. The van der Waals surface area contributed by atoms with Crippen LogP contribution in [0.5, 0.6) is 0 Å². The maximum Gasteiger partial charge on any atom is 0.254 e. The van der Waals surface area contributed by atoms with Crippen LogP contribution in [-0.4, -0.2) is 33.7 Å². The molecular weight excluding hydrogens is 394 g/mol. The van der Waals surface area contributed by atoms with Gasteiger partial charge in [-0.05, 0) is 36.6 Å². The maximum absolute atomic E-state index is 12.7. The fraction of sp³-hybridized carbons (Fsp3) is 0.304. The van der Waals surface area contributed by atoms with Crippen molar-refractivity contribution in [2.45, 2.75) is 38.8 Å². The van der Waals surface area contributed by atoms with Crippen molar-refractivity contribution in [3.05, 3.63) is 59.9 Å². The monoisotopic (exact) mass is 419 g/mol. The number of para-hydroxylation sites is 3. The first-order valence-corrected chi connectivity index (χ1v) is 10.4. The van der Waals surface area contributed by atoms with Crippen molar-refractivity contribution in [3.63, 3.8) is 0 Å². The van der Waals surface area contributed by atoms with Gasteiger partial charge in [0, 0.05) is 6.42 Å². The molecule has 0 saturated carbocycles. The van der Waals surface area contributed by atoms with Gasteiger partial charge in [-0.3, -0.25) is 14.4 Å². The molecule has 1 aromatic heterocycles. The van der Waals surface area contributed by atoms with Gasteiger partial charge in [-0.25, -0.2) is 4.98 Å². The number of H-pyrrole nitrogens is 1. The molecule has 0 unspecified atom stereocenters. The molecule has 0 fully saturated rings. The number of nitrogens with one attached hydrogen (secondary N) is 4. The van der Waals surface area contributed by atoms with Gasteiger partial charge in [0.1, 0.15) is 11.9 Å². The Hall–Kier alpha value is -3.68. The predicted octanol–water partition coefficient (Wildman–Crippen LogP) is 2.91. The molecule has 0 spiro atoms. The molecule has 0 radical (unpaired) electrons. The molecule has 0 bridgehead atoms. The highest BCUT2D eigenvalue weighted by molar-refractivity contribution is 6.09. The largest absolute Gasteiger partial charge is 0.346 e. The Labute approximate surface area is 179 Å². The van der Waals surface area contributed by atoms with E-state index < -0.39 is 6.04 Å². The lowest BCUT2D eigenvalue weighted by Crippen LogP contribution is -2.42. The minimum atomic E-state index is -0.783. The number of carbonyl (C=O) groups is 3. The van der Waals surface area contributed by atoms with Gasteiger partial charge >= 0.3 is 0 Å². The standard InChI is InChI=1S/C23H25N5O3/c1-13(2)20(21-24-16-9-5-6-10-17(16)25-21)28-19(29)12-11-18-23(31)26-15-8-4-3-7-14(15)22(30)27-18/h3-10,13,18,20H,11-12H2,1-2H3,(H,24,25)(H,26,31)(H,27,30)(H,28,29)/t18-,20+/m0/s1. The van der Waals surface area contributed by atoms with Crippen LogP contribution in [0.3, 0.4) is 0 Å². The van der Waals surface area contributed by atoms with E-state index in [1.807, 2.05) is 38.1 Å². The Morgan fingerprint density at radius 3 is 2.61 bits per heavy atom.